The van der Waals surface area contributed by atoms with Crippen LogP contribution < -0.4 is 0 Å². The molecule has 0 aliphatic carbocycles. The van der Waals surface area contributed by atoms with Crippen LogP contribution in [0.25, 0.3) is 0 Å². The van der Waals surface area contributed by atoms with E-state index < -0.39 is 0 Å². The highest BCUT2D eigenvalue weighted by Crippen LogP contribution is 1.84. The molecule has 0 fully saturated rings. The zero-order chi connectivity index (χ0) is 4.12. The molecule has 0 aliphatic heterocycles. The maximum absolute atomic E-state index is 2.21. The summed E-state index contributed by atoms with van der Waals surface area (Å²) in [7, 11) is 0. The van der Waals surface area contributed by atoms with Crippen molar-refractivity contribution in [1.82, 2.24) is 0 Å². The molecule has 5 heavy (non-hydrogen) atoms. The molecule has 0 aromatic heterocycles. The molecule has 1 heteroatoms. The van der Waals surface area contributed by atoms with Crippen molar-refractivity contribution < 1.29 is 0 Å². The van der Waals surface area contributed by atoms with Gasteiger partial charge in [-0.15, -0.1) is 0 Å². The van der Waals surface area contributed by atoms with Crippen molar-refractivity contribution in [3.63, 3.8) is 0 Å². The molecule has 0 aliphatic rings. The normalized spacial score (nSPS) is 10.0. The molecule has 0 spiro atoms. The van der Waals surface area contributed by atoms with Crippen LogP contribution in [-0.4, -0.2) is 0 Å². The van der Waals surface area contributed by atoms with Crippen molar-refractivity contribution in [3.05, 3.63) is 10.2 Å². The van der Waals surface area contributed by atoms with Gasteiger partial charge >= 0.3 is 0 Å². The lowest BCUT2D eigenvalue weighted by atomic mass is 10.5. The Labute approximate surface area is 46.4 Å². The summed E-state index contributed by atoms with van der Waals surface area (Å²) in [6.07, 6.45) is 3.27. The van der Waals surface area contributed by atoms with Gasteiger partial charge in [0.25, 0.3) is 0 Å². The monoisotopic (exact) mass is 182 g/mol. The summed E-state index contributed by atoms with van der Waals surface area (Å²) in [5, 5.41) is 0. The highest BCUT2D eigenvalue weighted by molar-refractivity contribution is 14.1. The van der Waals surface area contributed by atoms with Gasteiger partial charge in [-0.3, -0.25) is 0 Å². The molecule has 0 rings (SSSR count). The molecular formula is C4H7I. The fraction of sp³-hybridized carbons (Fsp3) is 0.500. The predicted molar refractivity (Wildman–Crippen MR) is 33.5 cm³/mol. The molecule has 0 aromatic rings. The van der Waals surface area contributed by atoms with E-state index in [-0.39, 0.29) is 0 Å². The van der Waals surface area contributed by atoms with E-state index in [1.807, 2.05) is 4.08 Å². The molecular weight excluding hydrogens is 175 g/mol. The first-order valence-corrected chi connectivity index (χ1v) is 2.91. The van der Waals surface area contributed by atoms with Crippen LogP contribution in [0, 0.1) is 0 Å². The molecule has 0 amide bonds. The van der Waals surface area contributed by atoms with Crippen molar-refractivity contribution in [1.29, 1.82) is 0 Å². The van der Waals surface area contributed by atoms with Gasteiger partial charge in [0, 0.05) is 0 Å². The van der Waals surface area contributed by atoms with Crippen LogP contribution in [0.4, 0.5) is 0 Å². The predicted octanol–water partition coefficient (Wildman–Crippen LogP) is 2.35. The largest absolute Gasteiger partial charge is 0.0787 e. The molecule has 0 unspecified atom stereocenters. The van der Waals surface area contributed by atoms with Crippen molar-refractivity contribution in [2.45, 2.75) is 13.3 Å². The maximum atomic E-state index is 2.21. The summed E-state index contributed by atoms with van der Waals surface area (Å²) in [4.78, 5) is 0. The Kier molecular flexibility index (Phi) is 4.89. The average Bonchev–Trinajstić information content (AvgIpc) is 1.41. The highest BCUT2D eigenvalue weighted by Gasteiger charge is 1.53. The summed E-state index contributed by atoms with van der Waals surface area (Å²) in [5.41, 5.74) is 0. The Morgan fingerprint density at radius 3 is 2.40 bits per heavy atom. The third-order valence-corrected chi connectivity index (χ3v) is 0.833. The lowest BCUT2D eigenvalue weighted by Gasteiger charge is -1.63. The molecule has 0 saturated heterocycles. The fourth-order valence-electron chi connectivity index (χ4n) is 0.0891. The smallest absolute Gasteiger partial charge is 0.0274 e. The summed E-state index contributed by atoms with van der Waals surface area (Å²) < 4.78 is 2.03. The van der Waals surface area contributed by atoms with E-state index in [1.54, 1.807) is 0 Å². The molecule has 0 atom stereocenters. The second-order valence-electron chi connectivity index (χ2n) is 0.770. The SMILES string of the molecule is CC/C=C/I. The first-order chi connectivity index (χ1) is 2.41. The molecule has 30 valence electrons. The van der Waals surface area contributed by atoms with E-state index >= 15 is 0 Å². The lowest BCUT2D eigenvalue weighted by molar-refractivity contribution is 1.23. The van der Waals surface area contributed by atoms with Crippen molar-refractivity contribution >= 4 is 22.6 Å². The van der Waals surface area contributed by atoms with E-state index in [4.69, 9.17) is 0 Å². The minimum absolute atomic E-state index is 1.16. The molecule has 0 saturated carbocycles. The van der Waals surface area contributed by atoms with E-state index in [2.05, 4.69) is 35.6 Å². The summed E-state index contributed by atoms with van der Waals surface area (Å²) in [6.45, 7) is 2.12. The van der Waals surface area contributed by atoms with Crippen LogP contribution in [0.5, 0.6) is 0 Å². The third-order valence-electron chi connectivity index (χ3n) is 0.325. The standard InChI is InChI=1S/C4H7I/c1-2-3-4-5/h3-4H,2H2,1H3/b4-3+. The van der Waals surface area contributed by atoms with Crippen LogP contribution in [0.3, 0.4) is 0 Å². The Morgan fingerprint density at radius 1 is 1.80 bits per heavy atom. The van der Waals surface area contributed by atoms with Crippen LogP contribution in [-0.2, 0) is 0 Å². The van der Waals surface area contributed by atoms with Crippen LogP contribution in [0.15, 0.2) is 10.2 Å². The summed E-state index contributed by atoms with van der Waals surface area (Å²) >= 11 is 2.21. The summed E-state index contributed by atoms with van der Waals surface area (Å²) in [5.74, 6) is 0. The van der Waals surface area contributed by atoms with Gasteiger partial charge in [-0.1, -0.05) is 35.6 Å². The Bertz CT molecular complexity index is 30.6. The highest BCUT2D eigenvalue weighted by atomic mass is 127. The van der Waals surface area contributed by atoms with Gasteiger partial charge in [-0.2, -0.15) is 0 Å². The van der Waals surface area contributed by atoms with Gasteiger partial charge in [0.1, 0.15) is 0 Å². The van der Waals surface area contributed by atoms with E-state index in [9.17, 15) is 0 Å². The van der Waals surface area contributed by atoms with Crippen molar-refractivity contribution in [3.8, 4) is 0 Å². The zero-order valence-corrected chi connectivity index (χ0v) is 5.40. The van der Waals surface area contributed by atoms with Crippen LogP contribution in [0.1, 0.15) is 13.3 Å². The second-order valence-corrected chi connectivity index (χ2v) is 1.49. The second kappa shape index (κ2) is 4.47. The third kappa shape index (κ3) is 4.47. The quantitative estimate of drug-likeness (QED) is 0.546. The maximum Gasteiger partial charge on any atom is -0.0274 e. The van der Waals surface area contributed by atoms with Gasteiger partial charge in [-0.25, -0.2) is 0 Å². The number of hydrogen-bond acceptors (Lipinski definition) is 0. The topological polar surface area (TPSA) is 0 Å². The number of allylic oxidation sites excluding steroid dienone is 1. The average molecular weight is 182 g/mol. The molecule has 0 radical (unpaired) electrons. The lowest BCUT2D eigenvalue weighted by Crippen LogP contribution is -1.40. The van der Waals surface area contributed by atoms with E-state index in [1.165, 1.54) is 0 Å². The molecule has 0 aromatic carbocycles. The van der Waals surface area contributed by atoms with Gasteiger partial charge in [0.15, 0.2) is 0 Å². The van der Waals surface area contributed by atoms with Crippen molar-refractivity contribution in [2.75, 3.05) is 0 Å². The Balaban J connectivity index is 2.62. The number of rotatable bonds is 1. The van der Waals surface area contributed by atoms with Crippen LogP contribution >= 0.6 is 22.6 Å². The molecule has 0 heterocycles. The minimum atomic E-state index is 1.16. The van der Waals surface area contributed by atoms with Gasteiger partial charge in [0.05, 0.1) is 0 Å². The van der Waals surface area contributed by atoms with Gasteiger partial charge < -0.3 is 0 Å². The molecule has 0 N–H and O–H groups in total. The molecule has 0 bridgehead atoms. The van der Waals surface area contributed by atoms with E-state index in [0.29, 0.717) is 0 Å². The summed E-state index contributed by atoms with van der Waals surface area (Å²) in [6, 6.07) is 0. The van der Waals surface area contributed by atoms with Crippen molar-refractivity contribution in [2.24, 2.45) is 0 Å². The minimum Gasteiger partial charge on any atom is -0.0787 e. The zero-order valence-electron chi connectivity index (χ0n) is 3.24. The molecule has 0 nitrogen and oxygen atoms in total. The number of hydrogen-bond donors (Lipinski definition) is 0. The first kappa shape index (κ1) is 5.47. The fourth-order valence-corrected chi connectivity index (χ4v) is 0.598. The Morgan fingerprint density at radius 2 is 2.40 bits per heavy atom. The first-order valence-electron chi connectivity index (χ1n) is 1.67. The number of halogens is 1. The Hall–Kier alpha value is 0.470. The van der Waals surface area contributed by atoms with Crippen LogP contribution in [0.2, 0.25) is 0 Å². The van der Waals surface area contributed by atoms with Gasteiger partial charge in [0.2, 0.25) is 0 Å². The van der Waals surface area contributed by atoms with Gasteiger partial charge in [-0.05, 0) is 10.5 Å². The van der Waals surface area contributed by atoms with E-state index in [0.717, 1.165) is 6.42 Å².